The first-order valence-electron chi connectivity index (χ1n) is 4.50. The maximum Gasteiger partial charge on any atom is 0.260 e. The average Bonchev–Trinajstić information content (AvgIpc) is 2.55. The fourth-order valence-electron chi connectivity index (χ4n) is 1.32. The lowest BCUT2D eigenvalue weighted by Crippen LogP contribution is -2.36. The molecule has 5 nitrogen and oxygen atoms in total. The maximum absolute atomic E-state index is 11.9. The van der Waals surface area contributed by atoms with Crippen LogP contribution in [0.2, 0.25) is 0 Å². The van der Waals surface area contributed by atoms with Gasteiger partial charge in [0, 0.05) is 12.6 Å². The Morgan fingerprint density at radius 3 is 2.57 bits per heavy atom. The molecule has 1 rings (SSSR count). The predicted octanol–water partition coefficient (Wildman–Crippen LogP) is 0.829. The van der Waals surface area contributed by atoms with Gasteiger partial charge in [-0.25, -0.2) is 13.4 Å². The third-order valence-electron chi connectivity index (χ3n) is 1.95. The Morgan fingerprint density at radius 2 is 2.21 bits per heavy atom. The Hall–Kier alpha value is -0.880. The van der Waals surface area contributed by atoms with Gasteiger partial charge >= 0.3 is 0 Å². The molecule has 1 N–H and O–H groups in total. The average molecular weight is 217 g/mol. The Morgan fingerprint density at radius 1 is 1.57 bits per heavy atom. The summed E-state index contributed by atoms with van der Waals surface area (Å²) in [6.45, 7) is 5.96. The van der Waals surface area contributed by atoms with Crippen LogP contribution in [-0.2, 0) is 10.0 Å². The monoisotopic (exact) mass is 217 g/mol. The smallest absolute Gasteiger partial charge is 0.260 e. The highest BCUT2D eigenvalue weighted by atomic mass is 32.2. The van der Waals surface area contributed by atoms with E-state index in [1.165, 1.54) is 16.8 Å². The summed E-state index contributed by atoms with van der Waals surface area (Å²) >= 11 is 0. The van der Waals surface area contributed by atoms with Gasteiger partial charge in [-0.05, 0) is 13.8 Å². The molecule has 0 aromatic carbocycles. The number of aromatic amines is 1. The molecule has 0 amide bonds. The minimum absolute atomic E-state index is 0.0479. The van der Waals surface area contributed by atoms with Crippen molar-refractivity contribution in [1.29, 1.82) is 0 Å². The lowest BCUT2D eigenvalue weighted by atomic mass is 10.4. The Balaban J connectivity index is 3.07. The Bertz CT molecular complexity index is 369. The number of hydrogen-bond donors (Lipinski definition) is 1. The molecule has 0 saturated heterocycles. The van der Waals surface area contributed by atoms with Crippen LogP contribution in [0, 0.1) is 0 Å². The zero-order valence-corrected chi connectivity index (χ0v) is 9.37. The van der Waals surface area contributed by atoms with Gasteiger partial charge in [0.15, 0.2) is 5.03 Å². The normalized spacial score (nSPS) is 12.6. The van der Waals surface area contributed by atoms with Crippen molar-refractivity contribution in [3.63, 3.8) is 0 Å². The first-order chi connectivity index (χ1) is 6.50. The van der Waals surface area contributed by atoms with E-state index in [4.69, 9.17) is 0 Å². The van der Waals surface area contributed by atoms with E-state index in [0.29, 0.717) is 6.54 Å². The van der Waals surface area contributed by atoms with Crippen molar-refractivity contribution in [3.8, 4) is 0 Å². The van der Waals surface area contributed by atoms with Crippen LogP contribution in [0.1, 0.15) is 20.8 Å². The van der Waals surface area contributed by atoms with E-state index in [1.54, 1.807) is 0 Å². The summed E-state index contributed by atoms with van der Waals surface area (Å²) in [5.41, 5.74) is 0. The summed E-state index contributed by atoms with van der Waals surface area (Å²) in [6, 6.07) is -0.0479. The number of H-pyrrole nitrogens is 1. The van der Waals surface area contributed by atoms with Gasteiger partial charge in [0.1, 0.15) is 0 Å². The van der Waals surface area contributed by atoms with Gasteiger partial charge in [-0.3, -0.25) is 0 Å². The molecule has 0 radical (unpaired) electrons. The van der Waals surface area contributed by atoms with Crippen LogP contribution in [0.25, 0.3) is 0 Å². The van der Waals surface area contributed by atoms with E-state index < -0.39 is 10.0 Å². The number of rotatable bonds is 4. The first kappa shape index (κ1) is 11.2. The molecule has 0 bridgehead atoms. The van der Waals surface area contributed by atoms with Crippen LogP contribution in [0.15, 0.2) is 17.6 Å². The van der Waals surface area contributed by atoms with Crippen LogP contribution in [0.5, 0.6) is 0 Å². The number of sulfonamides is 1. The second-order valence-corrected chi connectivity index (χ2v) is 5.08. The number of imidazole rings is 1. The summed E-state index contributed by atoms with van der Waals surface area (Å²) in [6.07, 6.45) is 2.68. The van der Waals surface area contributed by atoms with Crippen molar-refractivity contribution in [2.24, 2.45) is 0 Å². The number of nitrogens with one attached hydrogen (secondary N) is 1. The lowest BCUT2D eigenvalue weighted by molar-refractivity contribution is 0.368. The molecular weight excluding hydrogens is 202 g/mol. The summed E-state index contributed by atoms with van der Waals surface area (Å²) in [5.74, 6) is 0. The van der Waals surface area contributed by atoms with E-state index in [0.717, 1.165) is 0 Å². The number of hydrogen-bond acceptors (Lipinski definition) is 3. The van der Waals surface area contributed by atoms with Gasteiger partial charge in [0.05, 0.1) is 12.5 Å². The molecule has 0 unspecified atom stereocenters. The molecule has 1 aromatic heterocycles. The topological polar surface area (TPSA) is 66.1 Å². The van der Waals surface area contributed by atoms with Crippen LogP contribution in [0.4, 0.5) is 0 Å². The van der Waals surface area contributed by atoms with Crippen molar-refractivity contribution in [3.05, 3.63) is 12.5 Å². The van der Waals surface area contributed by atoms with E-state index in [1.807, 2.05) is 20.8 Å². The molecular formula is C8H15N3O2S. The summed E-state index contributed by atoms with van der Waals surface area (Å²) in [4.78, 5) is 6.31. The van der Waals surface area contributed by atoms with Crippen LogP contribution in [0.3, 0.4) is 0 Å². The third-order valence-corrected chi connectivity index (χ3v) is 4.02. The molecule has 1 aromatic rings. The van der Waals surface area contributed by atoms with Crippen molar-refractivity contribution in [1.82, 2.24) is 14.3 Å². The summed E-state index contributed by atoms with van der Waals surface area (Å²) < 4.78 is 25.3. The second-order valence-electron chi connectivity index (χ2n) is 3.22. The van der Waals surface area contributed by atoms with Gasteiger partial charge in [0.2, 0.25) is 0 Å². The van der Waals surface area contributed by atoms with Crippen molar-refractivity contribution in [2.75, 3.05) is 6.54 Å². The quantitative estimate of drug-likeness (QED) is 0.812. The third kappa shape index (κ3) is 1.96. The van der Waals surface area contributed by atoms with E-state index in [9.17, 15) is 8.42 Å². The van der Waals surface area contributed by atoms with Gasteiger partial charge in [-0.2, -0.15) is 4.31 Å². The molecule has 0 spiro atoms. The van der Waals surface area contributed by atoms with Crippen molar-refractivity contribution >= 4 is 10.0 Å². The predicted molar refractivity (Wildman–Crippen MR) is 53.3 cm³/mol. The van der Waals surface area contributed by atoms with Gasteiger partial charge in [-0.15, -0.1) is 0 Å². The molecule has 0 aliphatic carbocycles. The Kier molecular flexibility index (Phi) is 3.28. The Labute approximate surface area is 84.2 Å². The first-order valence-corrected chi connectivity index (χ1v) is 5.94. The van der Waals surface area contributed by atoms with E-state index in [2.05, 4.69) is 9.97 Å². The highest BCUT2D eigenvalue weighted by Gasteiger charge is 2.26. The minimum Gasteiger partial charge on any atom is -0.335 e. The largest absolute Gasteiger partial charge is 0.335 e. The minimum atomic E-state index is -3.39. The summed E-state index contributed by atoms with van der Waals surface area (Å²) in [7, 11) is -3.39. The van der Waals surface area contributed by atoms with E-state index in [-0.39, 0.29) is 11.1 Å². The molecule has 0 fully saturated rings. The molecule has 14 heavy (non-hydrogen) atoms. The zero-order valence-electron chi connectivity index (χ0n) is 8.56. The summed E-state index contributed by atoms with van der Waals surface area (Å²) in [5, 5.41) is 0.146. The van der Waals surface area contributed by atoms with Crippen molar-refractivity contribution in [2.45, 2.75) is 31.8 Å². The van der Waals surface area contributed by atoms with Crippen molar-refractivity contribution < 1.29 is 8.42 Å². The standard InChI is InChI=1S/C8H15N3O2S/c1-4-11(7(2)3)14(12,13)8-5-9-6-10-8/h5-7H,4H2,1-3H3,(H,9,10). The van der Waals surface area contributed by atoms with Crippen LogP contribution in [-0.4, -0.2) is 35.3 Å². The van der Waals surface area contributed by atoms with Gasteiger partial charge in [-0.1, -0.05) is 6.92 Å². The lowest BCUT2D eigenvalue weighted by Gasteiger charge is -2.23. The second kappa shape index (κ2) is 4.10. The molecule has 1 heterocycles. The van der Waals surface area contributed by atoms with E-state index >= 15 is 0 Å². The SMILES string of the molecule is CCN(C(C)C)S(=O)(=O)c1cnc[nH]1. The van der Waals surface area contributed by atoms with Crippen LogP contribution < -0.4 is 0 Å². The molecule has 0 saturated carbocycles. The molecule has 0 atom stereocenters. The highest BCUT2D eigenvalue weighted by Crippen LogP contribution is 2.14. The maximum atomic E-state index is 11.9. The zero-order chi connectivity index (χ0) is 10.8. The molecule has 0 aliphatic rings. The van der Waals surface area contributed by atoms with Crippen LogP contribution >= 0.6 is 0 Å². The fourth-order valence-corrected chi connectivity index (χ4v) is 2.87. The molecule has 6 heteroatoms. The van der Waals surface area contributed by atoms with Gasteiger partial charge in [0.25, 0.3) is 10.0 Å². The van der Waals surface area contributed by atoms with Gasteiger partial charge < -0.3 is 4.98 Å². The fraction of sp³-hybridized carbons (Fsp3) is 0.625. The number of nitrogens with zero attached hydrogens (tertiary/aromatic N) is 2. The number of aromatic nitrogens is 2. The molecule has 0 aliphatic heterocycles. The molecule has 80 valence electrons. The highest BCUT2D eigenvalue weighted by molar-refractivity contribution is 7.89.